The van der Waals surface area contributed by atoms with E-state index < -0.39 is 16.9 Å². The lowest BCUT2D eigenvalue weighted by atomic mass is 9.54. The largest absolute Gasteiger partial charge is 0.396 e. The molecular formula is C12H19F2NO2. The minimum absolute atomic E-state index is 0.233. The summed E-state index contributed by atoms with van der Waals surface area (Å²) in [7, 11) is 0. The van der Waals surface area contributed by atoms with Crippen LogP contribution in [-0.2, 0) is 0 Å². The zero-order chi connectivity index (χ0) is 12.3. The highest BCUT2D eigenvalue weighted by Gasteiger charge is 2.67. The number of aliphatic hydroxyl groups is 2. The van der Waals surface area contributed by atoms with Gasteiger partial charge in [-0.05, 0) is 25.7 Å². The van der Waals surface area contributed by atoms with Crippen LogP contribution < -0.4 is 5.32 Å². The van der Waals surface area contributed by atoms with Crippen LogP contribution in [0.15, 0.2) is 0 Å². The van der Waals surface area contributed by atoms with Crippen molar-refractivity contribution in [1.82, 2.24) is 5.32 Å². The van der Waals surface area contributed by atoms with E-state index in [1.54, 1.807) is 0 Å². The molecule has 0 aromatic rings. The van der Waals surface area contributed by atoms with E-state index in [2.05, 4.69) is 5.32 Å². The van der Waals surface area contributed by atoms with Gasteiger partial charge in [0, 0.05) is 30.3 Å². The van der Waals surface area contributed by atoms with Gasteiger partial charge in [-0.25, -0.2) is 8.78 Å². The Morgan fingerprint density at radius 2 is 1.65 bits per heavy atom. The van der Waals surface area contributed by atoms with Crippen molar-refractivity contribution in [1.29, 1.82) is 0 Å². The van der Waals surface area contributed by atoms with Crippen molar-refractivity contribution in [2.75, 3.05) is 6.61 Å². The zero-order valence-electron chi connectivity index (χ0n) is 9.75. The molecule has 2 aliphatic heterocycles. The van der Waals surface area contributed by atoms with Crippen LogP contribution in [0.3, 0.4) is 0 Å². The van der Waals surface area contributed by atoms with Gasteiger partial charge in [0.25, 0.3) is 0 Å². The lowest BCUT2D eigenvalue weighted by Crippen LogP contribution is -2.66. The number of fused-ring (bicyclic) bond motifs is 2. The fraction of sp³-hybridized carbons (Fsp3) is 1.00. The summed E-state index contributed by atoms with van der Waals surface area (Å²) < 4.78 is 26.2. The summed E-state index contributed by atoms with van der Waals surface area (Å²) in [6.45, 7) is -0.335. The highest BCUT2D eigenvalue weighted by atomic mass is 19.3. The number of alkyl halides is 2. The second-order valence-electron chi connectivity index (χ2n) is 6.23. The standard InChI is InChI=1S/C12H19F2NO2/c13-12(14)5-10(6-12,7-16)11(17)3-8-1-2-9(4-11)15-8/h8-9,15-17H,1-7H2. The maximum absolute atomic E-state index is 13.1. The molecule has 0 spiro atoms. The van der Waals surface area contributed by atoms with E-state index in [4.69, 9.17) is 0 Å². The molecule has 3 N–H and O–H groups in total. The Morgan fingerprint density at radius 3 is 2.06 bits per heavy atom. The van der Waals surface area contributed by atoms with Crippen LogP contribution in [0.2, 0.25) is 0 Å². The van der Waals surface area contributed by atoms with Crippen LogP contribution in [0.1, 0.15) is 38.5 Å². The minimum Gasteiger partial charge on any atom is -0.396 e. The summed E-state index contributed by atoms with van der Waals surface area (Å²) in [5, 5.41) is 23.6. The number of rotatable bonds is 2. The maximum Gasteiger partial charge on any atom is 0.249 e. The Bertz CT molecular complexity index is 314. The van der Waals surface area contributed by atoms with Gasteiger partial charge in [0.15, 0.2) is 0 Å². The van der Waals surface area contributed by atoms with Gasteiger partial charge in [0.1, 0.15) is 0 Å². The smallest absolute Gasteiger partial charge is 0.249 e. The van der Waals surface area contributed by atoms with Crippen molar-refractivity contribution < 1.29 is 19.0 Å². The van der Waals surface area contributed by atoms with Crippen LogP contribution >= 0.6 is 0 Å². The molecule has 2 saturated heterocycles. The van der Waals surface area contributed by atoms with Crippen molar-refractivity contribution in [2.45, 2.75) is 62.1 Å². The molecule has 2 unspecified atom stereocenters. The summed E-state index contributed by atoms with van der Waals surface area (Å²) in [5.41, 5.74) is -2.08. The molecule has 2 heterocycles. The van der Waals surface area contributed by atoms with Gasteiger partial charge in [0.05, 0.1) is 12.2 Å². The summed E-state index contributed by atoms with van der Waals surface area (Å²) in [6.07, 6.45) is 2.27. The Kier molecular flexibility index (Phi) is 2.36. The number of halogens is 2. The highest BCUT2D eigenvalue weighted by molar-refractivity contribution is 5.15. The van der Waals surface area contributed by atoms with E-state index in [0.29, 0.717) is 12.8 Å². The van der Waals surface area contributed by atoms with E-state index in [-0.39, 0.29) is 31.5 Å². The second-order valence-corrected chi connectivity index (χ2v) is 6.23. The van der Waals surface area contributed by atoms with Crippen molar-refractivity contribution in [3.63, 3.8) is 0 Å². The van der Waals surface area contributed by atoms with Crippen LogP contribution in [0, 0.1) is 5.41 Å². The first-order chi connectivity index (χ1) is 7.88. The summed E-state index contributed by atoms with van der Waals surface area (Å²) in [6, 6.07) is 0.466. The van der Waals surface area contributed by atoms with E-state index in [0.717, 1.165) is 12.8 Å². The zero-order valence-corrected chi connectivity index (χ0v) is 9.75. The van der Waals surface area contributed by atoms with Crippen molar-refractivity contribution in [2.24, 2.45) is 5.41 Å². The molecule has 3 fully saturated rings. The molecule has 17 heavy (non-hydrogen) atoms. The van der Waals surface area contributed by atoms with Crippen molar-refractivity contribution in [3.05, 3.63) is 0 Å². The van der Waals surface area contributed by atoms with E-state index >= 15 is 0 Å². The SMILES string of the molecule is OCC1(C2(O)CC3CCC(C2)N3)CC(F)(F)C1. The van der Waals surface area contributed by atoms with E-state index in [1.165, 1.54) is 0 Å². The number of piperidine rings is 1. The molecule has 3 nitrogen and oxygen atoms in total. The average molecular weight is 247 g/mol. The molecule has 0 amide bonds. The fourth-order valence-electron chi connectivity index (χ4n) is 4.08. The summed E-state index contributed by atoms with van der Waals surface area (Å²) in [5.74, 6) is -2.71. The van der Waals surface area contributed by atoms with Crippen molar-refractivity contribution in [3.8, 4) is 0 Å². The van der Waals surface area contributed by atoms with Gasteiger partial charge in [-0.3, -0.25) is 0 Å². The monoisotopic (exact) mass is 247 g/mol. The summed E-state index contributed by atoms with van der Waals surface area (Å²) >= 11 is 0. The Morgan fingerprint density at radius 1 is 1.12 bits per heavy atom. The third-order valence-corrected chi connectivity index (χ3v) is 4.99. The van der Waals surface area contributed by atoms with E-state index in [1.807, 2.05) is 0 Å². The van der Waals surface area contributed by atoms with Crippen LogP contribution in [0.4, 0.5) is 8.78 Å². The first-order valence-corrected chi connectivity index (χ1v) is 6.35. The predicted octanol–water partition coefficient (Wildman–Crippen LogP) is 1.04. The lowest BCUT2D eigenvalue weighted by Gasteiger charge is -2.57. The van der Waals surface area contributed by atoms with Gasteiger partial charge in [-0.2, -0.15) is 0 Å². The van der Waals surface area contributed by atoms with Gasteiger partial charge in [-0.15, -0.1) is 0 Å². The first kappa shape index (κ1) is 11.8. The Labute approximate surface area is 99.2 Å². The topological polar surface area (TPSA) is 52.5 Å². The summed E-state index contributed by atoms with van der Waals surface area (Å²) in [4.78, 5) is 0. The number of hydrogen-bond donors (Lipinski definition) is 3. The molecule has 1 saturated carbocycles. The van der Waals surface area contributed by atoms with E-state index in [9.17, 15) is 19.0 Å². The van der Waals surface area contributed by atoms with Crippen molar-refractivity contribution >= 4 is 0 Å². The number of nitrogens with one attached hydrogen (secondary N) is 1. The number of aliphatic hydroxyl groups excluding tert-OH is 1. The molecular weight excluding hydrogens is 228 g/mol. The quantitative estimate of drug-likeness (QED) is 0.683. The Balaban J connectivity index is 1.82. The van der Waals surface area contributed by atoms with Gasteiger partial charge >= 0.3 is 0 Å². The van der Waals surface area contributed by atoms with Crippen LogP contribution in [0.5, 0.6) is 0 Å². The molecule has 1 aliphatic carbocycles. The molecule has 3 aliphatic rings. The maximum atomic E-state index is 13.1. The van der Waals surface area contributed by atoms with Gasteiger partial charge < -0.3 is 15.5 Å². The van der Waals surface area contributed by atoms with Gasteiger partial charge in [0.2, 0.25) is 5.92 Å². The number of hydrogen-bond acceptors (Lipinski definition) is 3. The molecule has 2 bridgehead atoms. The molecule has 0 aromatic carbocycles. The van der Waals surface area contributed by atoms with Crippen LogP contribution in [-0.4, -0.2) is 40.4 Å². The third-order valence-electron chi connectivity index (χ3n) is 4.99. The molecule has 0 aromatic heterocycles. The average Bonchev–Trinajstić information content (AvgIpc) is 2.54. The molecule has 3 rings (SSSR count). The molecule has 5 heteroatoms. The molecule has 2 atom stereocenters. The second kappa shape index (κ2) is 3.39. The highest BCUT2D eigenvalue weighted by Crippen LogP contribution is 2.61. The van der Waals surface area contributed by atoms with Gasteiger partial charge in [-0.1, -0.05) is 0 Å². The van der Waals surface area contributed by atoms with Crippen LogP contribution in [0.25, 0.3) is 0 Å². The third kappa shape index (κ3) is 1.63. The fourth-order valence-corrected chi connectivity index (χ4v) is 4.08. The normalized spacial score (nSPS) is 46.6. The minimum atomic E-state index is -2.71. The predicted molar refractivity (Wildman–Crippen MR) is 57.8 cm³/mol. The molecule has 0 radical (unpaired) electrons. The lowest BCUT2D eigenvalue weighted by molar-refractivity contribution is -0.261. The first-order valence-electron chi connectivity index (χ1n) is 6.35. The molecule has 98 valence electrons. The Hall–Kier alpha value is -0.260.